The molecule has 6 heteroatoms. The number of hydrogen-bond donors (Lipinski definition) is 2. The molecule has 0 aromatic carbocycles. The highest BCUT2D eigenvalue weighted by Crippen LogP contribution is 2.29. The van der Waals surface area contributed by atoms with E-state index in [1.165, 1.54) is 6.33 Å². The molecule has 0 amide bonds. The van der Waals surface area contributed by atoms with E-state index in [2.05, 4.69) is 9.97 Å². The zero-order valence-electron chi connectivity index (χ0n) is 10.4. The summed E-state index contributed by atoms with van der Waals surface area (Å²) in [5.41, 5.74) is 0.513. The van der Waals surface area contributed by atoms with E-state index in [4.69, 9.17) is 11.6 Å². The first kappa shape index (κ1) is 13.5. The van der Waals surface area contributed by atoms with E-state index in [0.29, 0.717) is 11.4 Å². The molecule has 1 aromatic heterocycles. The van der Waals surface area contributed by atoms with Crippen molar-refractivity contribution in [3.8, 4) is 0 Å². The Kier molecular flexibility index (Phi) is 4.37. The predicted octanol–water partition coefficient (Wildman–Crippen LogP) is 1.36. The average molecular weight is 272 g/mol. The Morgan fingerprint density at radius 2 is 2.11 bits per heavy atom. The van der Waals surface area contributed by atoms with Crippen LogP contribution in [-0.2, 0) is 6.61 Å². The van der Waals surface area contributed by atoms with E-state index in [0.717, 1.165) is 25.7 Å². The maximum absolute atomic E-state index is 10.1. The summed E-state index contributed by atoms with van der Waals surface area (Å²) in [6.45, 7) is -0.206. The molecule has 1 fully saturated rings. The van der Waals surface area contributed by atoms with Gasteiger partial charge < -0.3 is 15.1 Å². The maximum atomic E-state index is 10.1. The fourth-order valence-electron chi connectivity index (χ4n) is 2.52. The number of hydrogen-bond acceptors (Lipinski definition) is 5. The highest BCUT2D eigenvalue weighted by molar-refractivity contribution is 6.30. The van der Waals surface area contributed by atoms with Crippen LogP contribution in [0, 0.1) is 0 Å². The predicted molar refractivity (Wildman–Crippen MR) is 69.6 cm³/mol. The molecule has 0 aliphatic heterocycles. The molecular weight excluding hydrogens is 254 g/mol. The first-order valence-electron chi connectivity index (χ1n) is 6.16. The monoisotopic (exact) mass is 271 g/mol. The molecule has 0 radical (unpaired) electrons. The van der Waals surface area contributed by atoms with Crippen LogP contribution in [0.3, 0.4) is 0 Å². The fraction of sp³-hybridized carbons (Fsp3) is 0.667. The standard InChI is InChI=1S/C12H18ClN3O2/c1-16(9-4-2-3-5-10(9)18)12-8(6-17)11(13)14-7-15-12/h7,9-10,17-18H,2-6H2,1H3. The molecule has 1 aliphatic carbocycles. The SMILES string of the molecule is CN(c1ncnc(Cl)c1CO)C1CCCCC1O. The highest BCUT2D eigenvalue weighted by Gasteiger charge is 2.28. The zero-order chi connectivity index (χ0) is 13.1. The van der Waals surface area contributed by atoms with Crippen molar-refractivity contribution < 1.29 is 10.2 Å². The smallest absolute Gasteiger partial charge is 0.140 e. The minimum Gasteiger partial charge on any atom is -0.391 e. The molecule has 100 valence electrons. The summed E-state index contributed by atoms with van der Waals surface area (Å²) in [5, 5.41) is 19.7. The quantitative estimate of drug-likeness (QED) is 0.813. The van der Waals surface area contributed by atoms with Crippen LogP contribution in [0.1, 0.15) is 31.2 Å². The maximum Gasteiger partial charge on any atom is 0.140 e. The van der Waals surface area contributed by atoms with Crippen LogP contribution in [0.2, 0.25) is 5.15 Å². The van der Waals surface area contributed by atoms with Gasteiger partial charge in [0, 0.05) is 7.05 Å². The normalized spacial score (nSPS) is 24.0. The second kappa shape index (κ2) is 5.82. The Bertz CT molecular complexity index is 416. The first-order valence-corrected chi connectivity index (χ1v) is 6.54. The number of halogens is 1. The van der Waals surface area contributed by atoms with Crippen molar-refractivity contribution in [1.82, 2.24) is 9.97 Å². The zero-order valence-corrected chi connectivity index (χ0v) is 11.1. The molecule has 1 saturated carbocycles. The largest absolute Gasteiger partial charge is 0.391 e. The van der Waals surface area contributed by atoms with Gasteiger partial charge in [-0.25, -0.2) is 9.97 Å². The Labute approximate surface area is 111 Å². The summed E-state index contributed by atoms with van der Waals surface area (Å²) in [4.78, 5) is 9.95. The minimum atomic E-state index is -0.357. The summed E-state index contributed by atoms with van der Waals surface area (Å²) in [6.07, 6.45) is 4.90. The topological polar surface area (TPSA) is 69.5 Å². The van der Waals surface area contributed by atoms with Gasteiger partial charge in [-0.15, -0.1) is 0 Å². The average Bonchev–Trinajstić information content (AvgIpc) is 2.38. The molecule has 1 heterocycles. The summed E-state index contributed by atoms with van der Waals surface area (Å²) >= 11 is 5.95. The van der Waals surface area contributed by atoms with Gasteiger partial charge in [0.1, 0.15) is 17.3 Å². The number of likely N-dealkylation sites (N-methyl/N-ethyl adjacent to an activating group) is 1. The molecule has 18 heavy (non-hydrogen) atoms. The molecule has 0 saturated heterocycles. The van der Waals surface area contributed by atoms with Crippen LogP contribution in [-0.4, -0.2) is 39.4 Å². The van der Waals surface area contributed by atoms with E-state index >= 15 is 0 Å². The second-order valence-electron chi connectivity index (χ2n) is 4.65. The Morgan fingerprint density at radius 3 is 2.78 bits per heavy atom. The first-order chi connectivity index (χ1) is 8.65. The van der Waals surface area contributed by atoms with Crippen LogP contribution < -0.4 is 4.90 Å². The Hall–Kier alpha value is -0.910. The number of aliphatic hydroxyl groups excluding tert-OH is 2. The van der Waals surface area contributed by atoms with Gasteiger partial charge in [0.25, 0.3) is 0 Å². The summed E-state index contributed by atoms with van der Waals surface area (Å²) in [7, 11) is 1.87. The number of rotatable bonds is 3. The van der Waals surface area contributed by atoms with Gasteiger partial charge in [-0.3, -0.25) is 0 Å². The van der Waals surface area contributed by atoms with Crippen molar-refractivity contribution in [2.45, 2.75) is 44.4 Å². The van der Waals surface area contributed by atoms with Crippen molar-refractivity contribution in [3.63, 3.8) is 0 Å². The molecule has 1 aromatic rings. The molecular formula is C12H18ClN3O2. The van der Waals surface area contributed by atoms with Crippen LogP contribution in [0.15, 0.2) is 6.33 Å². The van der Waals surface area contributed by atoms with Crippen molar-refractivity contribution in [2.75, 3.05) is 11.9 Å². The molecule has 2 rings (SSSR count). The van der Waals surface area contributed by atoms with Crippen molar-refractivity contribution in [1.29, 1.82) is 0 Å². The second-order valence-corrected chi connectivity index (χ2v) is 5.01. The van der Waals surface area contributed by atoms with Crippen molar-refractivity contribution in [2.24, 2.45) is 0 Å². The van der Waals surface area contributed by atoms with Crippen LogP contribution >= 0.6 is 11.6 Å². The van der Waals surface area contributed by atoms with E-state index in [1.54, 1.807) is 0 Å². The van der Waals surface area contributed by atoms with Gasteiger partial charge >= 0.3 is 0 Å². The molecule has 2 N–H and O–H groups in total. The lowest BCUT2D eigenvalue weighted by Crippen LogP contribution is -2.44. The molecule has 5 nitrogen and oxygen atoms in total. The lowest BCUT2D eigenvalue weighted by atomic mass is 9.91. The Morgan fingerprint density at radius 1 is 1.39 bits per heavy atom. The Balaban J connectivity index is 2.27. The van der Waals surface area contributed by atoms with Crippen molar-refractivity contribution in [3.05, 3.63) is 17.0 Å². The number of aromatic nitrogens is 2. The lowest BCUT2D eigenvalue weighted by molar-refractivity contribution is 0.105. The fourth-order valence-corrected chi connectivity index (χ4v) is 2.71. The van der Waals surface area contributed by atoms with Gasteiger partial charge in [-0.1, -0.05) is 24.4 Å². The third-order valence-electron chi connectivity index (χ3n) is 3.55. The van der Waals surface area contributed by atoms with Crippen LogP contribution in [0.4, 0.5) is 5.82 Å². The lowest BCUT2D eigenvalue weighted by Gasteiger charge is -2.36. The van der Waals surface area contributed by atoms with Gasteiger partial charge in [-0.05, 0) is 12.8 Å². The van der Waals surface area contributed by atoms with Gasteiger partial charge in [0.15, 0.2) is 0 Å². The molecule has 0 spiro atoms. The third kappa shape index (κ3) is 2.58. The molecule has 0 bridgehead atoms. The van der Waals surface area contributed by atoms with E-state index in [-0.39, 0.29) is 23.9 Å². The van der Waals surface area contributed by atoms with Gasteiger partial charge in [-0.2, -0.15) is 0 Å². The van der Waals surface area contributed by atoms with Gasteiger partial charge in [0.2, 0.25) is 0 Å². The number of nitrogens with zero attached hydrogens (tertiary/aromatic N) is 3. The van der Waals surface area contributed by atoms with Crippen LogP contribution in [0.5, 0.6) is 0 Å². The van der Waals surface area contributed by atoms with E-state index < -0.39 is 0 Å². The minimum absolute atomic E-state index is 0.0232. The number of aliphatic hydroxyl groups is 2. The third-order valence-corrected chi connectivity index (χ3v) is 3.88. The number of anilines is 1. The van der Waals surface area contributed by atoms with Gasteiger partial charge in [0.05, 0.1) is 24.3 Å². The summed E-state index contributed by atoms with van der Waals surface area (Å²) in [5.74, 6) is 0.600. The van der Waals surface area contributed by atoms with Crippen LogP contribution in [0.25, 0.3) is 0 Å². The molecule has 2 atom stereocenters. The molecule has 1 aliphatic rings. The summed E-state index contributed by atoms with van der Waals surface area (Å²) < 4.78 is 0. The summed E-state index contributed by atoms with van der Waals surface area (Å²) in [6, 6.07) is 0.0232. The molecule has 2 unspecified atom stereocenters. The van der Waals surface area contributed by atoms with E-state index in [9.17, 15) is 10.2 Å². The van der Waals surface area contributed by atoms with E-state index in [1.807, 2.05) is 11.9 Å². The van der Waals surface area contributed by atoms with Crippen molar-refractivity contribution >= 4 is 17.4 Å². The highest BCUT2D eigenvalue weighted by atomic mass is 35.5.